The van der Waals surface area contributed by atoms with Crippen LogP contribution in [0.4, 0.5) is 0 Å². The minimum atomic E-state index is 1.11. The molecule has 286 valence electrons. The summed E-state index contributed by atoms with van der Waals surface area (Å²) in [5.41, 5.74) is 21.1. The molecule has 0 aliphatic rings. The lowest BCUT2D eigenvalue weighted by atomic mass is 9.77. The Hall–Kier alpha value is -8.00. The fraction of sp³-hybridized carbons (Fsp3) is 0. The summed E-state index contributed by atoms with van der Waals surface area (Å²) in [5.74, 6) is 0. The Kier molecular flexibility index (Phi) is 9.26. The van der Waals surface area contributed by atoms with Crippen molar-refractivity contribution in [2.45, 2.75) is 0 Å². The standard InChI is InChI=1S/C60H41N/c1-9-25-41(26-10-1)49-51(43-29-13-3-14-30-43)55(47-37-21-7-22-38-47)59-57(53(49)45-33-17-5-18-34-45)58-54(46-35-19-6-20-36-46)50(42-27-11-2-12-28-42)52(44-31-15-4-16-32-44)56(60(58)61-59)48-39-23-8-24-40-48/h1-40,61H. The lowest BCUT2D eigenvalue weighted by Gasteiger charge is -2.24. The molecule has 1 nitrogen and oxygen atoms in total. The number of nitrogens with one attached hydrogen (secondary N) is 1. The Bertz CT molecular complexity index is 3040. The third-order valence-corrected chi connectivity index (χ3v) is 12.0. The molecule has 61 heavy (non-hydrogen) atoms. The first-order chi connectivity index (χ1) is 30.3. The van der Waals surface area contributed by atoms with Crippen LogP contribution in [0.25, 0.3) is 111 Å². The predicted molar refractivity (Wildman–Crippen MR) is 259 cm³/mol. The van der Waals surface area contributed by atoms with Crippen molar-refractivity contribution < 1.29 is 0 Å². The Morgan fingerprint density at radius 3 is 0.541 bits per heavy atom. The van der Waals surface area contributed by atoms with E-state index in [9.17, 15) is 0 Å². The maximum atomic E-state index is 4.31. The Morgan fingerprint density at radius 2 is 0.328 bits per heavy atom. The van der Waals surface area contributed by atoms with Gasteiger partial charge in [-0.05, 0) is 55.6 Å². The lowest BCUT2D eigenvalue weighted by Crippen LogP contribution is -1.98. The molecule has 1 aromatic heterocycles. The second-order valence-corrected chi connectivity index (χ2v) is 15.6. The van der Waals surface area contributed by atoms with Gasteiger partial charge in [0.25, 0.3) is 0 Å². The Morgan fingerprint density at radius 1 is 0.164 bits per heavy atom. The molecule has 1 heteroatoms. The highest BCUT2D eigenvalue weighted by molar-refractivity contribution is 6.32. The van der Waals surface area contributed by atoms with E-state index in [1.54, 1.807) is 0 Å². The largest absolute Gasteiger partial charge is 0.353 e. The van der Waals surface area contributed by atoms with Crippen LogP contribution in [0, 0.1) is 0 Å². The van der Waals surface area contributed by atoms with E-state index >= 15 is 0 Å². The van der Waals surface area contributed by atoms with Gasteiger partial charge in [-0.25, -0.2) is 0 Å². The van der Waals surface area contributed by atoms with Crippen molar-refractivity contribution in [3.05, 3.63) is 243 Å². The normalized spacial score (nSPS) is 11.3. The fourth-order valence-corrected chi connectivity index (χ4v) is 9.52. The molecule has 0 saturated heterocycles. The molecular weight excluding hydrogens is 735 g/mol. The SMILES string of the molecule is c1ccc(-c2c(-c3ccccc3)c(-c3ccccc3)c3c([nH]c4c(-c5ccccc5)c(-c5ccccc5)c(-c5ccccc5)c(-c5ccccc5)c43)c2-c2ccccc2)cc1. The number of fused-ring (bicyclic) bond motifs is 3. The topological polar surface area (TPSA) is 15.8 Å². The third-order valence-electron chi connectivity index (χ3n) is 12.0. The molecule has 0 fully saturated rings. The van der Waals surface area contributed by atoms with Gasteiger partial charge in [-0.15, -0.1) is 0 Å². The highest BCUT2D eigenvalue weighted by Gasteiger charge is 2.32. The molecule has 10 aromatic carbocycles. The molecule has 0 spiro atoms. The van der Waals surface area contributed by atoms with Crippen molar-refractivity contribution in [1.29, 1.82) is 0 Å². The molecule has 0 bridgehead atoms. The van der Waals surface area contributed by atoms with Gasteiger partial charge in [-0.1, -0.05) is 243 Å². The minimum Gasteiger partial charge on any atom is -0.353 e. The first-order valence-corrected chi connectivity index (χ1v) is 21.0. The van der Waals surface area contributed by atoms with Gasteiger partial charge in [-0.2, -0.15) is 0 Å². The number of hydrogen-bond acceptors (Lipinski definition) is 0. The van der Waals surface area contributed by atoms with Crippen molar-refractivity contribution in [2.75, 3.05) is 0 Å². The number of hydrogen-bond donors (Lipinski definition) is 1. The van der Waals surface area contributed by atoms with Crippen LogP contribution in [-0.4, -0.2) is 4.98 Å². The maximum absolute atomic E-state index is 4.31. The first-order valence-electron chi connectivity index (χ1n) is 21.0. The molecule has 0 saturated carbocycles. The average molecular weight is 776 g/mol. The van der Waals surface area contributed by atoms with E-state index in [-0.39, 0.29) is 0 Å². The molecule has 11 rings (SSSR count). The highest BCUT2D eigenvalue weighted by atomic mass is 14.7. The number of aromatic amines is 1. The van der Waals surface area contributed by atoms with Crippen LogP contribution in [-0.2, 0) is 0 Å². The summed E-state index contributed by atoms with van der Waals surface area (Å²) >= 11 is 0. The zero-order valence-electron chi connectivity index (χ0n) is 33.6. The van der Waals surface area contributed by atoms with Gasteiger partial charge in [0.15, 0.2) is 0 Å². The zero-order valence-corrected chi connectivity index (χ0v) is 33.6. The molecule has 1 heterocycles. The molecule has 0 aliphatic carbocycles. The third kappa shape index (κ3) is 6.27. The van der Waals surface area contributed by atoms with Crippen LogP contribution in [0.3, 0.4) is 0 Å². The van der Waals surface area contributed by atoms with E-state index in [0.717, 1.165) is 33.3 Å². The van der Waals surface area contributed by atoms with Crippen LogP contribution in [0.15, 0.2) is 243 Å². The van der Waals surface area contributed by atoms with Crippen molar-refractivity contribution in [3.8, 4) is 89.0 Å². The predicted octanol–water partition coefficient (Wildman–Crippen LogP) is 16.7. The number of aromatic nitrogens is 1. The van der Waals surface area contributed by atoms with Gasteiger partial charge >= 0.3 is 0 Å². The van der Waals surface area contributed by atoms with Crippen molar-refractivity contribution >= 4 is 21.8 Å². The van der Waals surface area contributed by atoms with Crippen LogP contribution >= 0.6 is 0 Å². The van der Waals surface area contributed by atoms with E-state index in [0.29, 0.717) is 0 Å². The summed E-state index contributed by atoms with van der Waals surface area (Å²) in [6, 6.07) is 88.0. The van der Waals surface area contributed by atoms with Gasteiger partial charge in [-0.3, -0.25) is 0 Å². The van der Waals surface area contributed by atoms with E-state index in [1.807, 2.05) is 0 Å². The van der Waals surface area contributed by atoms with Crippen molar-refractivity contribution in [2.24, 2.45) is 0 Å². The fourth-order valence-electron chi connectivity index (χ4n) is 9.52. The van der Waals surface area contributed by atoms with Gasteiger partial charge in [0.2, 0.25) is 0 Å². The second-order valence-electron chi connectivity index (χ2n) is 15.6. The van der Waals surface area contributed by atoms with Crippen LogP contribution < -0.4 is 0 Å². The molecule has 0 radical (unpaired) electrons. The molecule has 11 aromatic rings. The van der Waals surface area contributed by atoms with E-state index in [4.69, 9.17) is 0 Å². The average Bonchev–Trinajstić information content (AvgIpc) is 3.74. The van der Waals surface area contributed by atoms with Crippen LogP contribution in [0.1, 0.15) is 0 Å². The number of rotatable bonds is 8. The summed E-state index contributed by atoms with van der Waals surface area (Å²) in [7, 11) is 0. The Labute approximate surface area is 356 Å². The van der Waals surface area contributed by atoms with Crippen molar-refractivity contribution in [3.63, 3.8) is 0 Å². The molecule has 0 atom stereocenters. The maximum Gasteiger partial charge on any atom is 0.0558 e. The van der Waals surface area contributed by atoms with Gasteiger partial charge < -0.3 is 4.98 Å². The molecular formula is C60H41N. The first kappa shape index (κ1) is 36.1. The van der Waals surface area contributed by atoms with Gasteiger partial charge in [0, 0.05) is 44.2 Å². The molecule has 0 amide bonds. The smallest absolute Gasteiger partial charge is 0.0558 e. The Balaban J connectivity index is 1.52. The number of H-pyrrole nitrogens is 1. The summed E-state index contributed by atoms with van der Waals surface area (Å²) in [6.07, 6.45) is 0. The lowest BCUT2D eigenvalue weighted by molar-refractivity contribution is 1.50. The van der Waals surface area contributed by atoms with Gasteiger partial charge in [0.1, 0.15) is 0 Å². The summed E-state index contributed by atoms with van der Waals surface area (Å²) < 4.78 is 0. The van der Waals surface area contributed by atoms with E-state index in [1.165, 1.54) is 77.5 Å². The van der Waals surface area contributed by atoms with E-state index < -0.39 is 0 Å². The summed E-state index contributed by atoms with van der Waals surface area (Å²) in [6.45, 7) is 0. The molecule has 0 aliphatic heterocycles. The molecule has 0 unspecified atom stereocenters. The summed E-state index contributed by atoms with van der Waals surface area (Å²) in [5, 5.41) is 2.40. The zero-order chi connectivity index (χ0) is 40.5. The van der Waals surface area contributed by atoms with Crippen LogP contribution in [0.2, 0.25) is 0 Å². The monoisotopic (exact) mass is 775 g/mol. The minimum absolute atomic E-state index is 1.11. The highest BCUT2D eigenvalue weighted by Crippen LogP contribution is 2.58. The second kappa shape index (κ2) is 15.6. The number of benzene rings is 10. The van der Waals surface area contributed by atoms with E-state index in [2.05, 4.69) is 248 Å². The molecule has 1 N–H and O–H groups in total. The summed E-state index contributed by atoms with van der Waals surface area (Å²) in [4.78, 5) is 4.31. The van der Waals surface area contributed by atoms with Crippen LogP contribution in [0.5, 0.6) is 0 Å². The quantitative estimate of drug-likeness (QED) is 0.158. The van der Waals surface area contributed by atoms with Crippen molar-refractivity contribution in [1.82, 2.24) is 4.98 Å². The van der Waals surface area contributed by atoms with Gasteiger partial charge in [0.05, 0.1) is 11.0 Å².